The maximum absolute atomic E-state index is 12.1. The van der Waals surface area contributed by atoms with Crippen LogP contribution in [0.25, 0.3) is 0 Å². The second-order valence-corrected chi connectivity index (χ2v) is 4.59. The Balaban J connectivity index is 2.93. The van der Waals surface area contributed by atoms with Crippen LogP contribution in [0.5, 0.6) is 0 Å². The number of benzene rings is 1. The summed E-state index contributed by atoms with van der Waals surface area (Å²) in [5.41, 5.74) is 2.23. The van der Waals surface area contributed by atoms with Gasteiger partial charge in [0.15, 0.2) is 5.11 Å². The maximum atomic E-state index is 12.1. The van der Waals surface area contributed by atoms with E-state index in [9.17, 15) is 13.2 Å². The van der Waals surface area contributed by atoms with E-state index in [0.29, 0.717) is 5.69 Å². The van der Waals surface area contributed by atoms with Crippen LogP contribution in [0.3, 0.4) is 0 Å². The molecule has 1 aromatic rings. The highest BCUT2D eigenvalue weighted by atomic mass is 32.2. The van der Waals surface area contributed by atoms with E-state index in [-0.39, 0.29) is 21.8 Å². The van der Waals surface area contributed by atoms with Gasteiger partial charge in [0.25, 0.3) is 0 Å². The molecule has 88 valence electrons. The largest absolute Gasteiger partial charge is 0.446 e. The van der Waals surface area contributed by atoms with Gasteiger partial charge >= 0.3 is 5.51 Å². The second-order valence-electron chi connectivity index (χ2n) is 3.01. The average molecular weight is 266 g/mol. The SMILES string of the molecule is Cc1ccc(SC(F)(F)F)cc1NC(N)=S. The maximum Gasteiger partial charge on any atom is 0.446 e. The number of thioether (sulfide) groups is 1. The summed E-state index contributed by atoms with van der Waals surface area (Å²) in [7, 11) is 0. The summed E-state index contributed by atoms with van der Waals surface area (Å²) >= 11 is 4.45. The molecule has 0 atom stereocenters. The molecular formula is C9H9F3N2S2. The van der Waals surface area contributed by atoms with Gasteiger partial charge in [-0.05, 0) is 48.6 Å². The number of halogens is 3. The molecule has 16 heavy (non-hydrogen) atoms. The summed E-state index contributed by atoms with van der Waals surface area (Å²) in [6.45, 7) is 1.75. The number of thiocarbonyl (C=S) groups is 1. The molecule has 0 aliphatic rings. The lowest BCUT2D eigenvalue weighted by molar-refractivity contribution is -0.0328. The molecule has 0 saturated carbocycles. The van der Waals surface area contributed by atoms with Crippen molar-refractivity contribution in [3.8, 4) is 0 Å². The Labute approximate surface area is 100 Å². The Morgan fingerprint density at radius 1 is 1.44 bits per heavy atom. The molecule has 0 saturated heterocycles. The molecule has 0 spiro atoms. The molecule has 0 unspecified atom stereocenters. The van der Waals surface area contributed by atoms with Crippen molar-refractivity contribution in [3.05, 3.63) is 23.8 Å². The van der Waals surface area contributed by atoms with E-state index < -0.39 is 5.51 Å². The highest BCUT2D eigenvalue weighted by molar-refractivity contribution is 8.00. The van der Waals surface area contributed by atoms with Gasteiger partial charge in [-0.25, -0.2) is 0 Å². The van der Waals surface area contributed by atoms with Crippen LogP contribution < -0.4 is 11.1 Å². The van der Waals surface area contributed by atoms with Gasteiger partial charge in [0.1, 0.15) is 0 Å². The third-order valence-electron chi connectivity index (χ3n) is 1.70. The van der Waals surface area contributed by atoms with Crippen molar-refractivity contribution in [1.82, 2.24) is 0 Å². The van der Waals surface area contributed by atoms with Crippen molar-refractivity contribution in [1.29, 1.82) is 0 Å². The second kappa shape index (κ2) is 4.92. The minimum atomic E-state index is -4.30. The summed E-state index contributed by atoms with van der Waals surface area (Å²) in [5.74, 6) is 0. The van der Waals surface area contributed by atoms with Crippen LogP contribution in [0.4, 0.5) is 18.9 Å². The first-order valence-corrected chi connectivity index (χ1v) is 5.43. The molecule has 0 aliphatic carbocycles. The lowest BCUT2D eigenvalue weighted by Crippen LogP contribution is -2.19. The van der Waals surface area contributed by atoms with E-state index >= 15 is 0 Å². The third-order valence-corrected chi connectivity index (χ3v) is 2.52. The van der Waals surface area contributed by atoms with E-state index in [4.69, 9.17) is 5.73 Å². The molecule has 2 nitrogen and oxygen atoms in total. The first-order chi connectivity index (χ1) is 7.28. The minimum Gasteiger partial charge on any atom is -0.376 e. The highest BCUT2D eigenvalue weighted by Crippen LogP contribution is 2.38. The van der Waals surface area contributed by atoms with Crippen LogP contribution in [0.2, 0.25) is 0 Å². The molecule has 0 aliphatic heterocycles. The zero-order chi connectivity index (χ0) is 12.3. The summed E-state index contributed by atoms with van der Waals surface area (Å²) in [6, 6.07) is 4.35. The molecule has 0 heterocycles. The molecule has 0 fully saturated rings. The molecule has 0 bridgehead atoms. The van der Waals surface area contributed by atoms with Crippen LogP contribution in [0.1, 0.15) is 5.56 Å². The number of hydrogen-bond acceptors (Lipinski definition) is 2. The molecule has 7 heteroatoms. The van der Waals surface area contributed by atoms with Gasteiger partial charge in [-0.15, -0.1) is 0 Å². The first-order valence-electron chi connectivity index (χ1n) is 4.21. The fourth-order valence-electron chi connectivity index (χ4n) is 1.07. The summed E-state index contributed by atoms with van der Waals surface area (Å²) in [4.78, 5) is 0.0943. The van der Waals surface area contributed by atoms with Crippen molar-refractivity contribution in [2.75, 3.05) is 5.32 Å². The average Bonchev–Trinajstić information content (AvgIpc) is 2.07. The quantitative estimate of drug-likeness (QED) is 0.636. The lowest BCUT2D eigenvalue weighted by atomic mass is 10.2. The zero-order valence-corrected chi connectivity index (χ0v) is 9.89. The number of anilines is 1. The summed E-state index contributed by atoms with van der Waals surface area (Å²) < 4.78 is 36.4. The number of rotatable bonds is 2. The van der Waals surface area contributed by atoms with Gasteiger partial charge in [-0.1, -0.05) is 6.07 Å². The van der Waals surface area contributed by atoms with Crippen molar-refractivity contribution >= 4 is 34.8 Å². The lowest BCUT2D eigenvalue weighted by Gasteiger charge is -2.11. The van der Waals surface area contributed by atoms with E-state index in [1.54, 1.807) is 13.0 Å². The topological polar surface area (TPSA) is 38.0 Å². The summed E-state index contributed by atoms with van der Waals surface area (Å²) in [5, 5.41) is 2.65. The van der Waals surface area contributed by atoms with Gasteiger partial charge in [0.2, 0.25) is 0 Å². The molecule has 3 N–H and O–H groups in total. The smallest absolute Gasteiger partial charge is 0.376 e. The number of alkyl halides is 3. The first kappa shape index (κ1) is 13.1. The predicted octanol–water partition coefficient (Wildman–Crippen LogP) is 3.26. The van der Waals surface area contributed by atoms with Crippen LogP contribution >= 0.6 is 24.0 Å². The van der Waals surface area contributed by atoms with Crippen molar-refractivity contribution in [2.24, 2.45) is 5.73 Å². The Bertz CT molecular complexity index is 404. The Hall–Kier alpha value is -0.950. The van der Waals surface area contributed by atoms with Gasteiger partial charge in [0, 0.05) is 10.6 Å². The van der Waals surface area contributed by atoms with Crippen LogP contribution in [-0.2, 0) is 0 Å². The number of hydrogen-bond donors (Lipinski definition) is 2. The predicted molar refractivity (Wildman–Crippen MR) is 63.5 cm³/mol. The van der Waals surface area contributed by atoms with E-state index in [1.165, 1.54) is 12.1 Å². The normalized spacial score (nSPS) is 11.2. The third kappa shape index (κ3) is 4.28. The molecule has 1 aromatic carbocycles. The highest BCUT2D eigenvalue weighted by Gasteiger charge is 2.29. The Morgan fingerprint density at radius 3 is 2.56 bits per heavy atom. The number of aryl methyl sites for hydroxylation is 1. The molecule has 0 amide bonds. The standard InChI is InChI=1S/C9H9F3N2S2/c1-5-2-3-6(16-9(10,11)12)4-7(5)14-8(13)15/h2-4H,1H3,(H3,13,14,15). The minimum absolute atomic E-state index is 0.0252. The van der Waals surface area contributed by atoms with Crippen molar-refractivity contribution in [3.63, 3.8) is 0 Å². The number of nitrogens with one attached hydrogen (secondary N) is 1. The Kier molecular flexibility index (Phi) is 4.03. The van der Waals surface area contributed by atoms with E-state index in [0.717, 1.165) is 5.56 Å². The van der Waals surface area contributed by atoms with E-state index in [2.05, 4.69) is 17.5 Å². The fraction of sp³-hybridized carbons (Fsp3) is 0.222. The van der Waals surface area contributed by atoms with Crippen molar-refractivity contribution < 1.29 is 13.2 Å². The van der Waals surface area contributed by atoms with Gasteiger partial charge in [-0.2, -0.15) is 13.2 Å². The molecule has 0 radical (unpaired) electrons. The van der Waals surface area contributed by atoms with Gasteiger partial charge < -0.3 is 11.1 Å². The monoisotopic (exact) mass is 266 g/mol. The van der Waals surface area contributed by atoms with Gasteiger partial charge in [0.05, 0.1) is 0 Å². The van der Waals surface area contributed by atoms with Crippen LogP contribution in [0, 0.1) is 6.92 Å². The molecule has 1 rings (SSSR count). The Morgan fingerprint density at radius 2 is 2.06 bits per heavy atom. The molecule has 0 aromatic heterocycles. The van der Waals surface area contributed by atoms with Crippen LogP contribution in [0.15, 0.2) is 23.1 Å². The fourth-order valence-corrected chi connectivity index (χ4v) is 1.76. The number of nitrogens with two attached hydrogens (primary N) is 1. The summed E-state index contributed by atoms with van der Waals surface area (Å²) in [6.07, 6.45) is 0. The van der Waals surface area contributed by atoms with Gasteiger partial charge in [-0.3, -0.25) is 0 Å². The van der Waals surface area contributed by atoms with E-state index in [1.807, 2.05) is 0 Å². The van der Waals surface area contributed by atoms with Crippen LogP contribution in [-0.4, -0.2) is 10.6 Å². The zero-order valence-electron chi connectivity index (χ0n) is 8.26. The molecular weight excluding hydrogens is 257 g/mol. The van der Waals surface area contributed by atoms with Crippen molar-refractivity contribution in [2.45, 2.75) is 17.3 Å².